The molecule has 4 heteroatoms. The molecule has 16 heavy (non-hydrogen) atoms. The van der Waals surface area contributed by atoms with Gasteiger partial charge in [-0.2, -0.15) is 0 Å². The molecule has 1 heterocycles. The Morgan fingerprint density at radius 1 is 1.44 bits per heavy atom. The molecular weight excluding hydrogens is 204 g/mol. The second-order valence-corrected chi connectivity index (χ2v) is 5.62. The van der Waals surface area contributed by atoms with E-state index in [1.54, 1.807) is 0 Å². The minimum atomic E-state index is -0.320. The minimum absolute atomic E-state index is 0.103. The number of hydrogen-bond donors (Lipinski definition) is 3. The van der Waals surface area contributed by atoms with Gasteiger partial charge in [-0.1, -0.05) is 6.92 Å². The lowest BCUT2D eigenvalue weighted by Crippen LogP contribution is -2.52. The highest BCUT2D eigenvalue weighted by molar-refractivity contribution is 5.83. The first-order chi connectivity index (χ1) is 7.40. The van der Waals surface area contributed by atoms with Crippen molar-refractivity contribution in [3.63, 3.8) is 0 Å². The molecule has 1 aliphatic rings. The van der Waals surface area contributed by atoms with E-state index >= 15 is 0 Å². The van der Waals surface area contributed by atoms with Gasteiger partial charge in [-0.05, 0) is 46.2 Å². The second kappa shape index (κ2) is 5.15. The molecule has 1 fully saturated rings. The largest absolute Gasteiger partial charge is 0.396 e. The van der Waals surface area contributed by atoms with Crippen LogP contribution in [0.25, 0.3) is 0 Å². The van der Waals surface area contributed by atoms with Crippen molar-refractivity contribution in [3.05, 3.63) is 0 Å². The Hall–Kier alpha value is -0.610. The number of nitrogens with one attached hydrogen (secondary N) is 2. The van der Waals surface area contributed by atoms with Crippen molar-refractivity contribution in [1.82, 2.24) is 10.6 Å². The molecule has 1 saturated heterocycles. The molecule has 0 saturated carbocycles. The first-order valence-corrected chi connectivity index (χ1v) is 6.04. The molecular formula is C12H24N2O2. The van der Waals surface area contributed by atoms with Crippen LogP contribution in [-0.2, 0) is 4.79 Å². The van der Waals surface area contributed by atoms with Crippen LogP contribution in [0.1, 0.15) is 40.0 Å². The fourth-order valence-corrected chi connectivity index (χ4v) is 2.01. The molecule has 1 amide bonds. The quantitative estimate of drug-likeness (QED) is 0.662. The van der Waals surface area contributed by atoms with Gasteiger partial charge in [0, 0.05) is 17.6 Å². The molecule has 4 nitrogen and oxygen atoms in total. The average molecular weight is 228 g/mol. The van der Waals surface area contributed by atoms with Gasteiger partial charge < -0.3 is 15.7 Å². The van der Waals surface area contributed by atoms with E-state index in [0.29, 0.717) is 6.42 Å². The van der Waals surface area contributed by atoms with Crippen molar-refractivity contribution >= 4 is 5.91 Å². The third kappa shape index (κ3) is 3.46. The van der Waals surface area contributed by atoms with Crippen molar-refractivity contribution in [2.75, 3.05) is 19.7 Å². The highest BCUT2D eigenvalue weighted by Gasteiger charge is 2.36. The van der Waals surface area contributed by atoms with Gasteiger partial charge in [-0.3, -0.25) is 4.79 Å². The fraction of sp³-hybridized carbons (Fsp3) is 0.917. The van der Waals surface area contributed by atoms with Crippen LogP contribution in [0.4, 0.5) is 0 Å². The van der Waals surface area contributed by atoms with Crippen molar-refractivity contribution in [2.45, 2.75) is 45.6 Å². The van der Waals surface area contributed by atoms with E-state index in [4.69, 9.17) is 5.11 Å². The summed E-state index contributed by atoms with van der Waals surface area (Å²) in [7, 11) is 0. The van der Waals surface area contributed by atoms with Crippen LogP contribution in [0.5, 0.6) is 0 Å². The van der Waals surface area contributed by atoms with E-state index in [2.05, 4.69) is 10.6 Å². The van der Waals surface area contributed by atoms with Crippen LogP contribution in [0, 0.1) is 5.41 Å². The number of carbonyl (C=O) groups is 1. The summed E-state index contributed by atoms with van der Waals surface area (Å²) in [6, 6.07) is 0. The van der Waals surface area contributed by atoms with Crippen LogP contribution in [-0.4, -0.2) is 36.2 Å². The Bertz CT molecular complexity index is 245. The lowest BCUT2D eigenvalue weighted by atomic mass is 9.79. The van der Waals surface area contributed by atoms with E-state index < -0.39 is 0 Å². The van der Waals surface area contributed by atoms with Gasteiger partial charge in [-0.25, -0.2) is 0 Å². The SMILES string of the molecule is CC(C)(CCO)NC(=O)C1(C)CCNCC1. The fourth-order valence-electron chi connectivity index (χ4n) is 2.01. The third-order valence-corrected chi connectivity index (χ3v) is 3.44. The van der Waals surface area contributed by atoms with Crippen LogP contribution in [0.3, 0.4) is 0 Å². The maximum absolute atomic E-state index is 12.2. The molecule has 0 spiro atoms. The summed E-state index contributed by atoms with van der Waals surface area (Å²) >= 11 is 0. The number of piperidine rings is 1. The molecule has 3 N–H and O–H groups in total. The van der Waals surface area contributed by atoms with Gasteiger partial charge >= 0.3 is 0 Å². The van der Waals surface area contributed by atoms with E-state index in [-0.39, 0.29) is 23.5 Å². The van der Waals surface area contributed by atoms with E-state index in [1.165, 1.54) is 0 Å². The molecule has 0 bridgehead atoms. The van der Waals surface area contributed by atoms with Gasteiger partial charge in [-0.15, -0.1) is 0 Å². The number of aliphatic hydroxyl groups is 1. The predicted molar refractivity (Wildman–Crippen MR) is 64.1 cm³/mol. The standard InChI is InChI=1S/C12H24N2O2/c1-11(2,6-9-15)14-10(16)12(3)4-7-13-8-5-12/h13,15H,4-9H2,1-3H3,(H,14,16). The predicted octanol–water partition coefficient (Wildman–Crippen LogP) is 0.653. The van der Waals surface area contributed by atoms with E-state index in [9.17, 15) is 4.79 Å². The van der Waals surface area contributed by atoms with Gasteiger partial charge in [0.05, 0.1) is 0 Å². The molecule has 0 atom stereocenters. The lowest BCUT2D eigenvalue weighted by Gasteiger charge is -2.36. The Morgan fingerprint density at radius 2 is 2.00 bits per heavy atom. The van der Waals surface area contributed by atoms with E-state index in [1.807, 2.05) is 20.8 Å². The molecule has 0 aromatic heterocycles. The maximum Gasteiger partial charge on any atom is 0.226 e. The summed E-state index contributed by atoms with van der Waals surface area (Å²) in [5, 5.41) is 15.2. The topological polar surface area (TPSA) is 61.4 Å². The summed E-state index contributed by atoms with van der Waals surface area (Å²) < 4.78 is 0. The zero-order valence-electron chi connectivity index (χ0n) is 10.6. The number of carbonyl (C=O) groups excluding carboxylic acids is 1. The van der Waals surface area contributed by atoms with Crippen LogP contribution in [0.2, 0.25) is 0 Å². The average Bonchev–Trinajstić information content (AvgIpc) is 2.17. The molecule has 0 aromatic rings. The van der Waals surface area contributed by atoms with Gasteiger partial charge in [0.15, 0.2) is 0 Å². The van der Waals surface area contributed by atoms with Crippen LogP contribution in [0.15, 0.2) is 0 Å². The molecule has 1 aliphatic heterocycles. The van der Waals surface area contributed by atoms with Crippen LogP contribution >= 0.6 is 0 Å². The lowest BCUT2D eigenvalue weighted by molar-refractivity contribution is -0.133. The highest BCUT2D eigenvalue weighted by atomic mass is 16.3. The molecule has 0 unspecified atom stereocenters. The zero-order chi connectivity index (χ0) is 12.2. The van der Waals surface area contributed by atoms with Crippen LogP contribution < -0.4 is 10.6 Å². The van der Waals surface area contributed by atoms with Crippen molar-refractivity contribution in [2.24, 2.45) is 5.41 Å². The van der Waals surface area contributed by atoms with Gasteiger partial charge in [0.25, 0.3) is 0 Å². The monoisotopic (exact) mass is 228 g/mol. The minimum Gasteiger partial charge on any atom is -0.396 e. The zero-order valence-corrected chi connectivity index (χ0v) is 10.6. The first-order valence-electron chi connectivity index (χ1n) is 6.04. The third-order valence-electron chi connectivity index (χ3n) is 3.44. The maximum atomic E-state index is 12.2. The summed E-state index contributed by atoms with van der Waals surface area (Å²) in [5.74, 6) is 0.118. The smallest absolute Gasteiger partial charge is 0.226 e. The Labute approximate surface area is 97.8 Å². The second-order valence-electron chi connectivity index (χ2n) is 5.62. The Kier molecular flexibility index (Phi) is 4.33. The van der Waals surface area contributed by atoms with Gasteiger partial charge in [0.1, 0.15) is 0 Å². The van der Waals surface area contributed by atoms with Crippen molar-refractivity contribution in [3.8, 4) is 0 Å². The summed E-state index contributed by atoms with van der Waals surface area (Å²) in [4.78, 5) is 12.2. The first kappa shape index (κ1) is 13.5. The molecule has 0 aliphatic carbocycles. The molecule has 0 radical (unpaired) electrons. The Morgan fingerprint density at radius 3 is 2.50 bits per heavy atom. The summed E-state index contributed by atoms with van der Waals surface area (Å²) in [5.41, 5.74) is -0.572. The van der Waals surface area contributed by atoms with Gasteiger partial charge in [0.2, 0.25) is 5.91 Å². The summed E-state index contributed by atoms with van der Waals surface area (Å²) in [6.07, 6.45) is 2.36. The van der Waals surface area contributed by atoms with Crippen molar-refractivity contribution in [1.29, 1.82) is 0 Å². The van der Waals surface area contributed by atoms with E-state index in [0.717, 1.165) is 25.9 Å². The molecule has 1 rings (SSSR count). The number of aliphatic hydroxyl groups excluding tert-OH is 1. The Balaban J connectivity index is 2.56. The highest BCUT2D eigenvalue weighted by Crippen LogP contribution is 2.29. The number of hydrogen-bond acceptors (Lipinski definition) is 3. The summed E-state index contributed by atoms with van der Waals surface area (Å²) in [6.45, 7) is 7.84. The van der Waals surface area contributed by atoms with Crippen molar-refractivity contribution < 1.29 is 9.90 Å². The molecule has 0 aromatic carbocycles. The molecule has 94 valence electrons. The normalized spacial score (nSPS) is 20.5. The number of rotatable bonds is 4. The number of amides is 1.